The van der Waals surface area contributed by atoms with Gasteiger partial charge in [-0.2, -0.15) is 0 Å². The molecule has 1 unspecified atom stereocenters. The van der Waals surface area contributed by atoms with Crippen molar-refractivity contribution < 1.29 is 4.79 Å². The second-order valence-corrected chi connectivity index (χ2v) is 4.50. The van der Waals surface area contributed by atoms with Gasteiger partial charge in [-0.25, -0.2) is 0 Å². The van der Waals surface area contributed by atoms with Gasteiger partial charge in [0.25, 0.3) is 5.91 Å². The molecule has 0 bridgehead atoms. The van der Waals surface area contributed by atoms with E-state index < -0.39 is 0 Å². The summed E-state index contributed by atoms with van der Waals surface area (Å²) in [5.74, 6) is 0.872. The highest BCUT2D eigenvalue weighted by atomic mass is 35.5. The standard InChI is InChI=1S/C9H13N3OS.ClH/c10-7-1-3-12(6-7)9(13)8-5-11-2-4-14-8;/h2,5,7H,1,3-4,6,10H2;1H. The van der Waals surface area contributed by atoms with Crippen molar-refractivity contribution in [2.45, 2.75) is 12.5 Å². The maximum atomic E-state index is 11.9. The van der Waals surface area contributed by atoms with Crippen molar-refractivity contribution >= 4 is 36.3 Å². The molecule has 84 valence electrons. The van der Waals surface area contributed by atoms with Gasteiger partial charge < -0.3 is 10.6 Å². The average molecular weight is 248 g/mol. The van der Waals surface area contributed by atoms with Gasteiger partial charge in [-0.3, -0.25) is 9.79 Å². The number of carbonyl (C=O) groups is 1. The number of aliphatic imine (C=N–C) groups is 1. The summed E-state index contributed by atoms with van der Waals surface area (Å²) in [6.07, 6.45) is 4.35. The van der Waals surface area contributed by atoms with Crippen molar-refractivity contribution in [2.24, 2.45) is 10.7 Å². The zero-order chi connectivity index (χ0) is 9.97. The Balaban J connectivity index is 0.00000112. The average Bonchev–Trinajstić information content (AvgIpc) is 2.65. The molecule has 2 rings (SSSR count). The molecule has 2 heterocycles. The van der Waals surface area contributed by atoms with Gasteiger partial charge in [0.1, 0.15) is 0 Å². The summed E-state index contributed by atoms with van der Waals surface area (Å²) in [4.78, 5) is 18.4. The number of halogens is 1. The van der Waals surface area contributed by atoms with Crippen LogP contribution in [0.25, 0.3) is 0 Å². The maximum absolute atomic E-state index is 11.9. The highest BCUT2D eigenvalue weighted by molar-refractivity contribution is 8.04. The van der Waals surface area contributed by atoms with E-state index >= 15 is 0 Å². The minimum Gasteiger partial charge on any atom is -0.337 e. The third-order valence-electron chi connectivity index (χ3n) is 2.33. The van der Waals surface area contributed by atoms with E-state index in [1.54, 1.807) is 12.4 Å². The van der Waals surface area contributed by atoms with Gasteiger partial charge in [0.05, 0.1) is 4.91 Å². The van der Waals surface area contributed by atoms with Crippen LogP contribution >= 0.6 is 24.2 Å². The van der Waals surface area contributed by atoms with Crippen LogP contribution in [0.5, 0.6) is 0 Å². The Morgan fingerprint density at radius 3 is 3.00 bits per heavy atom. The van der Waals surface area contributed by atoms with Crippen LogP contribution in [0.1, 0.15) is 6.42 Å². The Morgan fingerprint density at radius 2 is 2.47 bits per heavy atom. The summed E-state index contributed by atoms with van der Waals surface area (Å²) < 4.78 is 0. The highest BCUT2D eigenvalue weighted by Crippen LogP contribution is 2.22. The molecule has 2 N–H and O–H groups in total. The van der Waals surface area contributed by atoms with E-state index in [1.165, 1.54) is 11.8 Å². The first-order chi connectivity index (χ1) is 6.77. The van der Waals surface area contributed by atoms with Crippen LogP contribution in [-0.2, 0) is 4.79 Å². The molecule has 1 saturated heterocycles. The van der Waals surface area contributed by atoms with Crippen molar-refractivity contribution in [3.05, 3.63) is 11.1 Å². The number of nitrogens with zero attached hydrogens (tertiary/aromatic N) is 2. The molecule has 0 aromatic carbocycles. The summed E-state index contributed by atoms with van der Waals surface area (Å²) in [5, 5.41) is 0. The van der Waals surface area contributed by atoms with E-state index in [2.05, 4.69) is 4.99 Å². The molecule has 0 aromatic rings. The minimum absolute atomic E-state index is 0. The summed E-state index contributed by atoms with van der Waals surface area (Å²) in [6.45, 7) is 1.46. The Bertz CT molecular complexity index is 306. The Hall–Kier alpha value is -0.520. The van der Waals surface area contributed by atoms with Crippen LogP contribution < -0.4 is 5.73 Å². The van der Waals surface area contributed by atoms with Crippen LogP contribution in [0.2, 0.25) is 0 Å². The lowest BCUT2D eigenvalue weighted by Crippen LogP contribution is -2.32. The monoisotopic (exact) mass is 247 g/mol. The first-order valence-electron chi connectivity index (χ1n) is 4.67. The van der Waals surface area contributed by atoms with E-state index in [1.807, 2.05) is 4.90 Å². The molecule has 4 nitrogen and oxygen atoms in total. The highest BCUT2D eigenvalue weighted by Gasteiger charge is 2.26. The number of hydrogen-bond acceptors (Lipinski definition) is 4. The molecular formula is C9H14ClN3OS. The number of carbonyl (C=O) groups excluding carboxylic acids is 1. The van der Waals surface area contributed by atoms with Crippen LogP contribution in [-0.4, -0.2) is 41.9 Å². The zero-order valence-corrected chi connectivity index (χ0v) is 9.89. The number of nitrogens with two attached hydrogens (primary N) is 1. The lowest BCUT2D eigenvalue weighted by atomic mass is 10.3. The topological polar surface area (TPSA) is 58.7 Å². The van der Waals surface area contributed by atoms with Gasteiger partial charge in [0.15, 0.2) is 0 Å². The van der Waals surface area contributed by atoms with Gasteiger partial charge in [-0.1, -0.05) is 0 Å². The second kappa shape index (κ2) is 5.53. The number of hydrogen-bond donors (Lipinski definition) is 1. The van der Waals surface area contributed by atoms with Crippen molar-refractivity contribution in [1.29, 1.82) is 0 Å². The predicted octanol–water partition coefficient (Wildman–Crippen LogP) is 0.627. The van der Waals surface area contributed by atoms with Crippen LogP contribution in [0.3, 0.4) is 0 Å². The Kier molecular flexibility index (Phi) is 4.63. The summed E-state index contributed by atoms with van der Waals surface area (Å²) in [5.41, 5.74) is 5.74. The van der Waals surface area contributed by atoms with Crippen molar-refractivity contribution in [2.75, 3.05) is 18.8 Å². The Morgan fingerprint density at radius 1 is 1.67 bits per heavy atom. The van der Waals surface area contributed by atoms with E-state index in [-0.39, 0.29) is 24.4 Å². The number of likely N-dealkylation sites (tertiary alicyclic amines) is 1. The first kappa shape index (κ1) is 12.5. The lowest BCUT2D eigenvalue weighted by molar-refractivity contribution is -0.125. The summed E-state index contributed by atoms with van der Waals surface area (Å²) in [7, 11) is 0. The van der Waals surface area contributed by atoms with Crippen molar-refractivity contribution in [1.82, 2.24) is 4.90 Å². The summed E-state index contributed by atoms with van der Waals surface area (Å²) in [6, 6.07) is 0.150. The second-order valence-electron chi connectivity index (χ2n) is 3.44. The van der Waals surface area contributed by atoms with Gasteiger partial charge in [-0.05, 0) is 6.42 Å². The SMILES string of the molecule is Cl.NC1CCN(C(=O)C2=CN=CCS2)C1. The fourth-order valence-electron chi connectivity index (χ4n) is 1.57. The number of amides is 1. The number of rotatable bonds is 1. The van der Waals surface area contributed by atoms with Crippen molar-refractivity contribution in [3.63, 3.8) is 0 Å². The van der Waals surface area contributed by atoms with E-state index in [0.717, 1.165) is 23.6 Å². The molecule has 6 heteroatoms. The van der Waals surface area contributed by atoms with Gasteiger partial charge >= 0.3 is 0 Å². The third-order valence-corrected chi connectivity index (χ3v) is 3.24. The van der Waals surface area contributed by atoms with Crippen LogP contribution in [0.15, 0.2) is 16.1 Å². The molecule has 15 heavy (non-hydrogen) atoms. The molecule has 1 amide bonds. The fourth-order valence-corrected chi connectivity index (χ4v) is 2.30. The molecule has 0 spiro atoms. The van der Waals surface area contributed by atoms with Gasteiger partial charge in [0.2, 0.25) is 0 Å². The molecular weight excluding hydrogens is 234 g/mol. The first-order valence-corrected chi connectivity index (χ1v) is 5.65. The lowest BCUT2D eigenvalue weighted by Gasteiger charge is -2.17. The molecule has 1 atom stereocenters. The zero-order valence-electron chi connectivity index (χ0n) is 8.26. The Labute approximate surface area is 99.4 Å². The van der Waals surface area contributed by atoms with Gasteiger partial charge in [0, 0.05) is 37.3 Å². The van der Waals surface area contributed by atoms with E-state index in [4.69, 9.17) is 5.73 Å². The normalized spacial score (nSPS) is 24.7. The van der Waals surface area contributed by atoms with E-state index in [0.29, 0.717) is 6.54 Å². The minimum atomic E-state index is 0. The maximum Gasteiger partial charge on any atom is 0.261 e. The van der Waals surface area contributed by atoms with E-state index in [9.17, 15) is 4.79 Å². The quantitative estimate of drug-likeness (QED) is 0.739. The molecule has 2 aliphatic rings. The fraction of sp³-hybridized carbons (Fsp3) is 0.556. The molecule has 1 fully saturated rings. The molecule has 0 aliphatic carbocycles. The van der Waals surface area contributed by atoms with Crippen LogP contribution in [0.4, 0.5) is 0 Å². The third kappa shape index (κ3) is 2.96. The smallest absolute Gasteiger partial charge is 0.261 e. The van der Waals surface area contributed by atoms with Gasteiger partial charge in [-0.15, -0.1) is 24.2 Å². The van der Waals surface area contributed by atoms with Crippen molar-refractivity contribution in [3.8, 4) is 0 Å². The molecule has 0 radical (unpaired) electrons. The number of thioether (sulfide) groups is 1. The predicted molar refractivity (Wildman–Crippen MR) is 65.5 cm³/mol. The summed E-state index contributed by atoms with van der Waals surface area (Å²) >= 11 is 1.54. The molecule has 0 aromatic heterocycles. The largest absolute Gasteiger partial charge is 0.337 e. The molecule has 0 saturated carbocycles. The van der Waals surface area contributed by atoms with Crippen LogP contribution in [0, 0.1) is 0 Å². The molecule has 2 aliphatic heterocycles.